The average Bonchev–Trinajstić information content (AvgIpc) is 2.43. The zero-order chi connectivity index (χ0) is 15.4. The standard InChI is InChI=1S/C12H12N2O6/c1-3-11(15)7(2)12(16)9-5-4-8(13(17)18)6-10(9)14(19)20/h4-6,12,16H,2-3H2,1H3. The molecule has 0 saturated carbocycles. The Bertz CT molecular complexity index is 596. The summed E-state index contributed by atoms with van der Waals surface area (Å²) in [5, 5.41) is 31.5. The maximum atomic E-state index is 11.4. The lowest BCUT2D eigenvalue weighted by atomic mass is 9.97. The maximum Gasteiger partial charge on any atom is 0.282 e. The van der Waals surface area contributed by atoms with E-state index in [2.05, 4.69) is 6.58 Å². The molecule has 0 bridgehead atoms. The highest BCUT2D eigenvalue weighted by Crippen LogP contribution is 2.32. The Balaban J connectivity index is 3.30. The van der Waals surface area contributed by atoms with E-state index in [1.165, 1.54) is 0 Å². The highest BCUT2D eigenvalue weighted by Gasteiger charge is 2.27. The van der Waals surface area contributed by atoms with Crippen LogP contribution in [0.3, 0.4) is 0 Å². The number of Topliss-reactive ketones (excluding diaryl/α,β-unsaturated/α-hetero) is 1. The van der Waals surface area contributed by atoms with Crippen molar-refractivity contribution in [1.82, 2.24) is 0 Å². The van der Waals surface area contributed by atoms with Crippen molar-refractivity contribution < 1.29 is 19.7 Å². The Morgan fingerprint density at radius 3 is 2.40 bits per heavy atom. The van der Waals surface area contributed by atoms with Crippen molar-refractivity contribution in [2.75, 3.05) is 0 Å². The summed E-state index contributed by atoms with van der Waals surface area (Å²) in [7, 11) is 0. The van der Waals surface area contributed by atoms with Crippen molar-refractivity contribution in [3.63, 3.8) is 0 Å². The number of rotatable bonds is 6. The lowest BCUT2D eigenvalue weighted by Gasteiger charge is -2.12. The van der Waals surface area contributed by atoms with Crippen LogP contribution in [0.15, 0.2) is 30.4 Å². The number of benzene rings is 1. The molecule has 1 unspecified atom stereocenters. The Kier molecular flexibility index (Phi) is 4.65. The zero-order valence-corrected chi connectivity index (χ0v) is 10.6. The number of aliphatic hydroxyl groups is 1. The molecule has 1 atom stereocenters. The van der Waals surface area contributed by atoms with E-state index in [9.17, 15) is 30.1 Å². The number of nitro benzene ring substituents is 2. The summed E-state index contributed by atoms with van der Waals surface area (Å²) < 4.78 is 0. The molecule has 20 heavy (non-hydrogen) atoms. The van der Waals surface area contributed by atoms with Crippen molar-refractivity contribution in [3.05, 3.63) is 56.1 Å². The van der Waals surface area contributed by atoms with Gasteiger partial charge in [0.15, 0.2) is 5.78 Å². The Morgan fingerprint density at radius 1 is 1.35 bits per heavy atom. The van der Waals surface area contributed by atoms with Crippen molar-refractivity contribution in [2.45, 2.75) is 19.4 Å². The van der Waals surface area contributed by atoms with E-state index in [1.807, 2.05) is 0 Å². The van der Waals surface area contributed by atoms with Gasteiger partial charge in [-0.3, -0.25) is 25.0 Å². The predicted octanol–water partition coefficient (Wildman–Crippen LogP) is 2.07. The molecule has 0 spiro atoms. The van der Waals surface area contributed by atoms with E-state index in [0.717, 1.165) is 18.2 Å². The Hall–Kier alpha value is -2.61. The molecule has 1 aromatic rings. The van der Waals surface area contributed by atoms with Gasteiger partial charge in [-0.15, -0.1) is 0 Å². The van der Waals surface area contributed by atoms with E-state index in [0.29, 0.717) is 0 Å². The van der Waals surface area contributed by atoms with E-state index >= 15 is 0 Å². The van der Waals surface area contributed by atoms with Crippen molar-refractivity contribution in [2.24, 2.45) is 0 Å². The van der Waals surface area contributed by atoms with Gasteiger partial charge in [0.25, 0.3) is 11.4 Å². The third-order valence-corrected chi connectivity index (χ3v) is 2.73. The molecule has 0 radical (unpaired) electrons. The fourth-order valence-corrected chi connectivity index (χ4v) is 1.60. The van der Waals surface area contributed by atoms with Gasteiger partial charge in [0.05, 0.1) is 21.5 Å². The number of ketones is 1. The van der Waals surface area contributed by atoms with Crippen LogP contribution in [0.4, 0.5) is 11.4 Å². The topological polar surface area (TPSA) is 124 Å². The number of hydrogen-bond donors (Lipinski definition) is 1. The van der Waals surface area contributed by atoms with E-state index in [-0.39, 0.29) is 17.6 Å². The smallest absolute Gasteiger partial charge is 0.282 e. The first-order valence-corrected chi connectivity index (χ1v) is 5.62. The van der Waals surface area contributed by atoms with Crippen LogP contribution in [0.2, 0.25) is 0 Å². The third kappa shape index (κ3) is 3.04. The fraction of sp³-hybridized carbons (Fsp3) is 0.250. The van der Waals surface area contributed by atoms with E-state index < -0.39 is 33.1 Å². The molecule has 0 fully saturated rings. The molecular weight excluding hydrogens is 268 g/mol. The monoisotopic (exact) mass is 280 g/mol. The molecule has 0 aliphatic carbocycles. The van der Waals surface area contributed by atoms with Crippen LogP contribution in [-0.2, 0) is 4.79 Å². The number of nitrogens with zero attached hydrogens (tertiary/aromatic N) is 2. The van der Waals surface area contributed by atoms with Crippen LogP contribution in [0.1, 0.15) is 25.0 Å². The van der Waals surface area contributed by atoms with Gasteiger partial charge >= 0.3 is 0 Å². The largest absolute Gasteiger partial charge is 0.383 e. The van der Waals surface area contributed by atoms with Crippen LogP contribution in [0.5, 0.6) is 0 Å². The minimum atomic E-state index is -1.57. The summed E-state index contributed by atoms with van der Waals surface area (Å²) in [5.74, 6) is -0.440. The van der Waals surface area contributed by atoms with Crippen molar-refractivity contribution in [1.29, 1.82) is 0 Å². The van der Waals surface area contributed by atoms with Crippen LogP contribution < -0.4 is 0 Å². The first-order valence-electron chi connectivity index (χ1n) is 5.62. The minimum absolute atomic E-state index is 0.0939. The summed E-state index contributed by atoms with van der Waals surface area (Å²) in [6.07, 6.45) is -1.47. The molecule has 0 amide bonds. The van der Waals surface area contributed by atoms with Crippen molar-refractivity contribution in [3.8, 4) is 0 Å². The summed E-state index contributed by atoms with van der Waals surface area (Å²) in [6.45, 7) is 4.96. The van der Waals surface area contributed by atoms with Gasteiger partial charge in [0.2, 0.25) is 0 Å². The van der Waals surface area contributed by atoms with Gasteiger partial charge in [0, 0.05) is 18.1 Å². The molecule has 1 rings (SSSR count). The molecule has 0 aromatic heterocycles. The molecule has 1 aromatic carbocycles. The lowest BCUT2D eigenvalue weighted by Crippen LogP contribution is -2.11. The lowest BCUT2D eigenvalue weighted by molar-refractivity contribution is -0.394. The fourth-order valence-electron chi connectivity index (χ4n) is 1.60. The van der Waals surface area contributed by atoms with Gasteiger partial charge in [-0.25, -0.2) is 0 Å². The molecule has 0 saturated heterocycles. The SMILES string of the molecule is C=C(C(=O)CC)C(O)c1ccc([N+](=O)[O-])cc1[N+](=O)[O-]. The van der Waals surface area contributed by atoms with Crippen LogP contribution >= 0.6 is 0 Å². The highest BCUT2D eigenvalue weighted by molar-refractivity contribution is 5.95. The molecule has 0 heterocycles. The average molecular weight is 280 g/mol. The third-order valence-electron chi connectivity index (χ3n) is 2.73. The van der Waals surface area contributed by atoms with Crippen LogP contribution in [0.25, 0.3) is 0 Å². The summed E-state index contributed by atoms with van der Waals surface area (Å²) in [6, 6.07) is 2.81. The van der Waals surface area contributed by atoms with Gasteiger partial charge in [-0.05, 0) is 6.07 Å². The molecule has 8 heteroatoms. The molecule has 0 aliphatic rings. The Morgan fingerprint density at radius 2 is 1.95 bits per heavy atom. The number of nitro groups is 2. The number of hydrogen-bond acceptors (Lipinski definition) is 6. The number of non-ortho nitro benzene ring substituents is 1. The minimum Gasteiger partial charge on any atom is -0.383 e. The van der Waals surface area contributed by atoms with Gasteiger partial charge < -0.3 is 5.11 Å². The maximum absolute atomic E-state index is 11.4. The van der Waals surface area contributed by atoms with Crippen LogP contribution in [0, 0.1) is 20.2 Å². The van der Waals surface area contributed by atoms with Crippen LogP contribution in [-0.4, -0.2) is 20.7 Å². The highest BCUT2D eigenvalue weighted by atomic mass is 16.6. The molecule has 0 aliphatic heterocycles. The van der Waals surface area contributed by atoms with E-state index in [1.54, 1.807) is 6.92 Å². The second-order valence-electron chi connectivity index (χ2n) is 3.96. The molecule has 8 nitrogen and oxygen atoms in total. The molecule has 1 N–H and O–H groups in total. The number of aliphatic hydroxyl groups excluding tert-OH is 1. The number of carbonyl (C=O) groups excluding carboxylic acids is 1. The summed E-state index contributed by atoms with van der Waals surface area (Å²) in [4.78, 5) is 31.3. The first kappa shape index (κ1) is 15.4. The summed E-state index contributed by atoms with van der Waals surface area (Å²) >= 11 is 0. The zero-order valence-electron chi connectivity index (χ0n) is 10.6. The predicted molar refractivity (Wildman–Crippen MR) is 69.1 cm³/mol. The summed E-state index contributed by atoms with van der Waals surface area (Å²) in [5.41, 5.74) is -1.49. The Labute approximate surface area is 113 Å². The van der Waals surface area contributed by atoms with Gasteiger partial charge in [0.1, 0.15) is 6.10 Å². The first-order chi connectivity index (χ1) is 9.29. The van der Waals surface area contributed by atoms with Crippen molar-refractivity contribution >= 4 is 17.2 Å². The molecule has 106 valence electrons. The molecular formula is C12H12N2O6. The second kappa shape index (κ2) is 6.02. The van der Waals surface area contributed by atoms with Gasteiger partial charge in [-0.2, -0.15) is 0 Å². The van der Waals surface area contributed by atoms with Gasteiger partial charge in [-0.1, -0.05) is 13.5 Å². The quantitative estimate of drug-likeness (QED) is 0.483. The normalized spacial score (nSPS) is 11.7. The van der Waals surface area contributed by atoms with E-state index in [4.69, 9.17) is 0 Å². The number of carbonyl (C=O) groups is 1. The second-order valence-corrected chi connectivity index (χ2v) is 3.96.